The van der Waals surface area contributed by atoms with Crippen LogP contribution in [0.5, 0.6) is 0 Å². The van der Waals surface area contributed by atoms with Gasteiger partial charge in [0, 0.05) is 16.5 Å². The molecule has 1 amide bonds. The third-order valence-electron chi connectivity index (χ3n) is 6.70. The molecular formula is C29H29N3OS. The molecule has 0 saturated carbocycles. The third kappa shape index (κ3) is 4.66. The molecule has 0 spiro atoms. The fraction of sp³-hybridized carbons (Fsp3) is 0.241. The highest BCUT2D eigenvalue weighted by Crippen LogP contribution is 2.49. The van der Waals surface area contributed by atoms with E-state index in [4.69, 9.17) is 0 Å². The molecule has 0 radical (unpaired) electrons. The summed E-state index contributed by atoms with van der Waals surface area (Å²) in [6.07, 6.45) is 5.73. The zero-order chi connectivity index (χ0) is 23.5. The molecular weight excluding hydrogens is 438 g/mol. The minimum atomic E-state index is -0.231. The summed E-state index contributed by atoms with van der Waals surface area (Å²) < 4.78 is 0. The van der Waals surface area contributed by atoms with Crippen LogP contribution in [0, 0.1) is 5.92 Å². The summed E-state index contributed by atoms with van der Waals surface area (Å²) in [5.74, 6) is 0.779. The van der Waals surface area contributed by atoms with Crippen LogP contribution in [0.3, 0.4) is 0 Å². The third-order valence-corrected chi connectivity index (χ3v) is 7.81. The topological polar surface area (TPSA) is 53.5 Å². The molecule has 1 aliphatic heterocycles. The highest BCUT2D eigenvalue weighted by molar-refractivity contribution is 8.00. The maximum Gasteiger partial charge on any atom is 0.253 e. The van der Waals surface area contributed by atoms with Gasteiger partial charge < -0.3 is 5.32 Å². The van der Waals surface area contributed by atoms with Crippen LogP contribution >= 0.6 is 11.8 Å². The molecule has 5 rings (SSSR count). The zero-order valence-electron chi connectivity index (χ0n) is 19.4. The van der Waals surface area contributed by atoms with E-state index in [1.54, 1.807) is 0 Å². The van der Waals surface area contributed by atoms with Gasteiger partial charge in [-0.2, -0.15) is 5.10 Å². The standard InChI is InChI=1S/C29H29N3OS/c1-19(31-32-29(33)20(2)34-23-12-7-4-8-13-23)22-16-17-27-26(18-22)24-14-9-15-25(24)28(30-27)21-10-5-3-6-11-21/h3-14,16-18,20,24-25,28,30H,15H2,1-2H3,(H,32,33)/b31-19-/t20-,24+,25-,28-/m0/s1. The second-order valence-corrected chi connectivity index (χ2v) is 10.3. The summed E-state index contributed by atoms with van der Waals surface area (Å²) >= 11 is 1.53. The summed E-state index contributed by atoms with van der Waals surface area (Å²) in [6, 6.07) is 27.4. The zero-order valence-corrected chi connectivity index (χ0v) is 20.3. The molecule has 0 unspecified atom stereocenters. The Kier molecular flexibility index (Phi) is 6.54. The van der Waals surface area contributed by atoms with E-state index in [1.165, 1.54) is 28.6 Å². The summed E-state index contributed by atoms with van der Waals surface area (Å²) in [5, 5.41) is 7.98. The number of benzene rings is 3. The normalized spacial score (nSPS) is 21.8. The first-order chi connectivity index (χ1) is 16.6. The Morgan fingerprint density at radius 3 is 2.56 bits per heavy atom. The van der Waals surface area contributed by atoms with Crippen LogP contribution in [0.2, 0.25) is 0 Å². The molecule has 3 aromatic carbocycles. The predicted octanol–water partition coefficient (Wildman–Crippen LogP) is 6.53. The van der Waals surface area contributed by atoms with Gasteiger partial charge in [-0.05, 0) is 67.1 Å². The smallest absolute Gasteiger partial charge is 0.253 e. The second kappa shape index (κ2) is 9.90. The van der Waals surface area contributed by atoms with Crippen LogP contribution < -0.4 is 10.7 Å². The van der Waals surface area contributed by atoms with Gasteiger partial charge in [0.15, 0.2) is 0 Å². The average molecular weight is 468 g/mol. The summed E-state index contributed by atoms with van der Waals surface area (Å²) in [5.41, 5.74) is 8.40. The van der Waals surface area contributed by atoms with Crippen LogP contribution in [0.1, 0.15) is 48.9 Å². The maximum absolute atomic E-state index is 12.6. The number of hydrogen-bond acceptors (Lipinski definition) is 4. The van der Waals surface area contributed by atoms with E-state index in [-0.39, 0.29) is 11.2 Å². The molecule has 34 heavy (non-hydrogen) atoms. The molecule has 2 N–H and O–H groups in total. The van der Waals surface area contributed by atoms with Crippen molar-refractivity contribution < 1.29 is 4.79 Å². The summed E-state index contributed by atoms with van der Waals surface area (Å²) in [7, 11) is 0. The van der Waals surface area contributed by atoms with Crippen LogP contribution in [-0.2, 0) is 4.79 Å². The van der Waals surface area contributed by atoms with E-state index in [9.17, 15) is 4.79 Å². The SMILES string of the molecule is C/C(=N/NC(=O)[C@H](C)Sc1ccccc1)c1ccc2c(c1)[C@@H]1C=CC[C@@H]1[C@H](c1ccccc1)N2. The fourth-order valence-corrected chi connectivity index (χ4v) is 5.74. The molecule has 0 fully saturated rings. The van der Waals surface area contributed by atoms with Crippen molar-refractivity contribution in [2.75, 3.05) is 5.32 Å². The number of nitrogens with one attached hydrogen (secondary N) is 2. The predicted molar refractivity (Wildman–Crippen MR) is 141 cm³/mol. The quantitative estimate of drug-likeness (QED) is 0.187. The number of amides is 1. The highest BCUT2D eigenvalue weighted by Gasteiger charge is 2.37. The summed E-state index contributed by atoms with van der Waals surface area (Å²) in [4.78, 5) is 13.6. The molecule has 4 nitrogen and oxygen atoms in total. The minimum absolute atomic E-state index is 0.0997. The molecule has 1 aliphatic carbocycles. The van der Waals surface area contributed by atoms with Gasteiger partial charge in [-0.15, -0.1) is 11.8 Å². The van der Waals surface area contributed by atoms with Gasteiger partial charge in [0.05, 0.1) is 17.0 Å². The van der Waals surface area contributed by atoms with Crippen molar-refractivity contribution >= 4 is 29.1 Å². The number of rotatable bonds is 6. The maximum atomic E-state index is 12.6. The number of fused-ring (bicyclic) bond motifs is 3. The lowest BCUT2D eigenvalue weighted by molar-refractivity contribution is -0.120. The number of carbonyl (C=O) groups is 1. The second-order valence-electron chi connectivity index (χ2n) is 8.93. The van der Waals surface area contributed by atoms with Crippen molar-refractivity contribution in [2.24, 2.45) is 11.0 Å². The lowest BCUT2D eigenvalue weighted by atomic mass is 9.76. The van der Waals surface area contributed by atoms with Crippen LogP contribution in [-0.4, -0.2) is 16.9 Å². The lowest BCUT2D eigenvalue weighted by Gasteiger charge is -2.37. The lowest BCUT2D eigenvalue weighted by Crippen LogP contribution is -2.29. The molecule has 0 saturated heterocycles. The van der Waals surface area contributed by atoms with Gasteiger partial charge in [-0.3, -0.25) is 4.79 Å². The van der Waals surface area contributed by atoms with Crippen LogP contribution in [0.4, 0.5) is 5.69 Å². The number of hydrazone groups is 1. The van der Waals surface area contributed by atoms with Gasteiger partial charge >= 0.3 is 0 Å². The van der Waals surface area contributed by atoms with Crippen LogP contribution in [0.25, 0.3) is 0 Å². The van der Waals surface area contributed by atoms with E-state index >= 15 is 0 Å². The van der Waals surface area contributed by atoms with Crippen molar-refractivity contribution in [2.45, 2.75) is 42.4 Å². The Morgan fingerprint density at radius 1 is 1.06 bits per heavy atom. The Hall–Kier alpha value is -3.31. The van der Waals surface area contributed by atoms with E-state index in [2.05, 4.69) is 76.5 Å². The first-order valence-corrected chi connectivity index (χ1v) is 12.7. The van der Waals surface area contributed by atoms with E-state index in [0.29, 0.717) is 17.9 Å². The monoisotopic (exact) mass is 467 g/mol. The van der Waals surface area contributed by atoms with E-state index < -0.39 is 0 Å². The molecule has 3 aromatic rings. The summed E-state index contributed by atoms with van der Waals surface area (Å²) in [6.45, 7) is 3.85. The molecule has 4 atom stereocenters. The number of thioether (sulfide) groups is 1. The van der Waals surface area contributed by atoms with Gasteiger partial charge in [0.1, 0.15) is 0 Å². The van der Waals surface area contributed by atoms with Crippen LogP contribution in [0.15, 0.2) is 101 Å². The van der Waals surface area contributed by atoms with Gasteiger partial charge in [-0.1, -0.05) is 66.7 Å². The van der Waals surface area contributed by atoms with E-state index in [0.717, 1.165) is 22.6 Å². The molecule has 1 heterocycles. The Bertz CT molecular complexity index is 1220. The highest BCUT2D eigenvalue weighted by atomic mass is 32.2. The number of anilines is 1. The number of nitrogens with zero attached hydrogens (tertiary/aromatic N) is 1. The van der Waals surface area contributed by atoms with Gasteiger partial charge in [0.25, 0.3) is 5.91 Å². The van der Waals surface area contributed by atoms with Crippen molar-refractivity contribution in [3.63, 3.8) is 0 Å². The molecule has 172 valence electrons. The van der Waals surface area contributed by atoms with Crippen molar-refractivity contribution in [1.82, 2.24) is 5.43 Å². The Balaban J connectivity index is 1.31. The van der Waals surface area contributed by atoms with E-state index in [1.807, 2.05) is 44.2 Å². The van der Waals surface area contributed by atoms with Crippen molar-refractivity contribution in [1.29, 1.82) is 0 Å². The number of carbonyl (C=O) groups excluding carboxylic acids is 1. The number of hydrogen-bond donors (Lipinski definition) is 2. The molecule has 0 bridgehead atoms. The van der Waals surface area contributed by atoms with Gasteiger partial charge in [0.2, 0.25) is 0 Å². The molecule has 5 heteroatoms. The number of allylic oxidation sites excluding steroid dienone is 2. The fourth-order valence-electron chi connectivity index (χ4n) is 4.86. The first-order valence-electron chi connectivity index (χ1n) is 11.8. The Labute approximate surface area is 205 Å². The molecule has 2 aliphatic rings. The van der Waals surface area contributed by atoms with Crippen molar-refractivity contribution in [3.05, 3.63) is 108 Å². The largest absolute Gasteiger partial charge is 0.378 e. The first kappa shape index (κ1) is 22.5. The average Bonchev–Trinajstić information content (AvgIpc) is 3.38. The van der Waals surface area contributed by atoms with Gasteiger partial charge in [-0.25, -0.2) is 5.43 Å². The van der Waals surface area contributed by atoms with Crippen molar-refractivity contribution in [3.8, 4) is 0 Å². The Morgan fingerprint density at radius 2 is 1.79 bits per heavy atom. The minimum Gasteiger partial charge on any atom is -0.378 e. The molecule has 0 aromatic heterocycles.